The molecule has 0 aromatic heterocycles. The zero-order chi connectivity index (χ0) is 21.2. The Balaban J connectivity index is 1.63. The van der Waals surface area contributed by atoms with Crippen molar-refractivity contribution < 1.29 is 10.2 Å². The van der Waals surface area contributed by atoms with E-state index in [1.165, 1.54) is 43.3 Å². The Kier molecular flexibility index (Phi) is 7.16. The summed E-state index contributed by atoms with van der Waals surface area (Å²) in [6.45, 7) is 13.1. The molecule has 5 atom stereocenters. The maximum Gasteiger partial charge on any atom is 0.0591 e. The minimum atomic E-state index is -0.535. The highest BCUT2D eigenvalue weighted by Gasteiger charge is 2.49. The molecular formula is C27H44O2. The standard InChI is InChI=1S/C27H44O2/c1-19-10-13-23(28)18-22(19)12-11-21-9-7-17-27(5)24(14-15-25(21)27)20(2)8-6-16-26(3,4)29/h9,12,20,23-25,28-29H,1,6-8,10-11,13-18H2,2-5H3/b22-12+/t20-,23+,24-,25+,27-/m1/s1. The van der Waals surface area contributed by atoms with Crippen LogP contribution in [0.25, 0.3) is 0 Å². The van der Waals surface area contributed by atoms with E-state index in [0.717, 1.165) is 56.3 Å². The minimum absolute atomic E-state index is 0.182. The van der Waals surface area contributed by atoms with Crippen molar-refractivity contribution in [2.45, 2.75) is 110 Å². The van der Waals surface area contributed by atoms with E-state index in [4.69, 9.17) is 0 Å². The highest BCUT2D eigenvalue weighted by Crippen LogP contribution is 2.59. The summed E-state index contributed by atoms with van der Waals surface area (Å²) < 4.78 is 0. The molecule has 0 aromatic carbocycles. The summed E-state index contributed by atoms with van der Waals surface area (Å²) in [6, 6.07) is 0. The molecule has 3 rings (SSSR count). The molecule has 29 heavy (non-hydrogen) atoms. The van der Waals surface area contributed by atoms with Crippen molar-refractivity contribution in [3.8, 4) is 0 Å². The first-order valence-electron chi connectivity index (χ1n) is 12.1. The Bertz CT molecular complexity index is 650. The van der Waals surface area contributed by atoms with Crippen molar-refractivity contribution >= 4 is 0 Å². The van der Waals surface area contributed by atoms with Gasteiger partial charge in [0.15, 0.2) is 0 Å². The first-order chi connectivity index (χ1) is 13.6. The van der Waals surface area contributed by atoms with E-state index in [2.05, 4.69) is 32.6 Å². The number of hydrogen-bond acceptors (Lipinski definition) is 2. The predicted octanol–water partition coefficient (Wildman–Crippen LogP) is 6.73. The second-order valence-corrected chi connectivity index (χ2v) is 11.2. The molecule has 3 aliphatic carbocycles. The monoisotopic (exact) mass is 400 g/mol. The van der Waals surface area contributed by atoms with Crippen molar-refractivity contribution in [3.05, 3.63) is 35.5 Å². The summed E-state index contributed by atoms with van der Waals surface area (Å²) >= 11 is 0. The van der Waals surface area contributed by atoms with Crippen LogP contribution in [0.3, 0.4) is 0 Å². The lowest BCUT2D eigenvalue weighted by Crippen LogP contribution is -2.35. The average Bonchev–Trinajstić information content (AvgIpc) is 2.99. The van der Waals surface area contributed by atoms with Gasteiger partial charge in [0.1, 0.15) is 0 Å². The predicted molar refractivity (Wildman–Crippen MR) is 123 cm³/mol. The van der Waals surface area contributed by atoms with Crippen LogP contribution in [0.1, 0.15) is 98.3 Å². The van der Waals surface area contributed by atoms with Crippen LogP contribution in [0.5, 0.6) is 0 Å². The van der Waals surface area contributed by atoms with E-state index in [1.54, 1.807) is 5.57 Å². The fourth-order valence-electron chi connectivity index (χ4n) is 6.63. The quantitative estimate of drug-likeness (QED) is 0.465. The van der Waals surface area contributed by atoms with Crippen LogP contribution in [0.4, 0.5) is 0 Å². The van der Waals surface area contributed by atoms with Gasteiger partial charge < -0.3 is 10.2 Å². The van der Waals surface area contributed by atoms with Crippen LogP contribution in [-0.2, 0) is 0 Å². The molecule has 0 aromatic rings. The zero-order valence-corrected chi connectivity index (χ0v) is 19.3. The van der Waals surface area contributed by atoms with Crippen LogP contribution in [0.15, 0.2) is 35.5 Å². The highest BCUT2D eigenvalue weighted by atomic mass is 16.3. The van der Waals surface area contributed by atoms with Gasteiger partial charge >= 0.3 is 0 Å². The van der Waals surface area contributed by atoms with Gasteiger partial charge in [-0.25, -0.2) is 0 Å². The van der Waals surface area contributed by atoms with Crippen molar-refractivity contribution in [1.29, 1.82) is 0 Å². The third kappa shape index (κ3) is 5.44. The van der Waals surface area contributed by atoms with E-state index >= 15 is 0 Å². The van der Waals surface area contributed by atoms with Crippen LogP contribution in [-0.4, -0.2) is 21.9 Å². The lowest BCUT2D eigenvalue weighted by atomic mass is 9.61. The molecular weight excluding hydrogens is 356 g/mol. The van der Waals surface area contributed by atoms with Crippen LogP contribution in [0.2, 0.25) is 0 Å². The van der Waals surface area contributed by atoms with Gasteiger partial charge in [0, 0.05) is 0 Å². The summed E-state index contributed by atoms with van der Waals surface area (Å²) in [5, 5.41) is 20.1. The van der Waals surface area contributed by atoms with Gasteiger partial charge in [0.05, 0.1) is 11.7 Å². The van der Waals surface area contributed by atoms with Gasteiger partial charge in [-0.2, -0.15) is 0 Å². The number of hydrogen-bond donors (Lipinski definition) is 2. The summed E-state index contributed by atoms with van der Waals surface area (Å²) in [6.07, 6.45) is 16.8. The average molecular weight is 401 g/mol. The molecule has 0 saturated heterocycles. The SMILES string of the molecule is C=C1CC[C@H](O)C/C1=C\CC1=CCC[C@]2(C)[C@@H]([C@H](C)CCCC(C)(C)O)CC[C@@H]12. The lowest BCUT2D eigenvalue weighted by Gasteiger charge is -2.43. The lowest BCUT2D eigenvalue weighted by molar-refractivity contribution is 0.0611. The van der Waals surface area contributed by atoms with E-state index < -0.39 is 5.60 Å². The summed E-state index contributed by atoms with van der Waals surface area (Å²) in [5.41, 5.74) is 4.07. The molecule has 0 amide bonds. The Labute approximate surface area is 179 Å². The molecule has 0 bridgehead atoms. The van der Waals surface area contributed by atoms with Crippen molar-refractivity contribution in [2.75, 3.05) is 0 Å². The normalized spacial score (nSPS) is 35.5. The van der Waals surface area contributed by atoms with E-state index in [9.17, 15) is 10.2 Å². The first kappa shape index (κ1) is 22.8. The number of fused-ring (bicyclic) bond motifs is 1. The maximum atomic E-state index is 10.0. The summed E-state index contributed by atoms with van der Waals surface area (Å²) in [5.74, 6) is 2.26. The summed E-state index contributed by atoms with van der Waals surface area (Å²) in [4.78, 5) is 0. The minimum Gasteiger partial charge on any atom is -0.393 e. The fraction of sp³-hybridized carbons (Fsp3) is 0.778. The Morgan fingerprint density at radius 2 is 2.07 bits per heavy atom. The third-order valence-electron chi connectivity index (χ3n) is 8.35. The molecule has 3 aliphatic rings. The van der Waals surface area contributed by atoms with Crippen LogP contribution >= 0.6 is 0 Å². The summed E-state index contributed by atoms with van der Waals surface area (Å²) in [7, 11) is 0. The van der Waals surface area contributed by atoms with Crippen LogP contribution < -0.4 is 0 Å². The third-order valence-corrected chi connectivity index (χ3v) is 8.35. The van der Waals surface area contributed by atoms with Crippen molar-refractivity contribution in [3.63, 3.8) is 0 Å². The Hall–Kier alpha value is -0.860. The van der Waals surface area contributed by atoms with Gasteiger partial charge in [-0.05, 0) is 100 Å². The molecule has 0 unspecified atom stereocenters. The van der Waals surface area contributed by atoms with Gasteiger partial charge in [-0.1, -0.05) is 56.6 Å². The molecule has 2 saturated carbocycles. The smallest absolute Gasteiger partial charge is 0.0591 e. The molecule has 0 spiro atoms. The van der Waals surface area contributed by atoms with Crippen LogP contribution in [0, 0.1) is 23.2 Å². The molecule has 0 aliphatic heterocycles. The van der Waals surface area contributed by atoms with Crippen molar-refractivity contribution in [2.24, 2.45) is 23.2 Å². The number of rotatable bonds is 7. The molecule has 0 radical (unpaired) electrons. The second-order valence-electron chi connectivity index (χ2n) is 11.2. The molecule has 2 fully saturated rings. The first-order valence-corrected chi connectivity index (χ1v) is 12.1. The molecule has 2 nitrogen and oxygen atoms in total. The highest BCUT2D eigenvalue weighted by molar-refractivity contribution is 5.33. The van der Waals surface area contributed by atoms with E-state index in [-0.39, 0.29) is 6.10 Å². The molecule has 2 N–H and O–H groups in total. The number of allylic oxidation sites excluding steroid dienone is 4. The van der Waals surface area contributed by atoms with Gasteiger partial charge in [-0.15, -0.1) is 0 Å². The second kappa shape index (κ2) is 9.10. The molecule has 2 heteroatoms. The van der Waals surface area contributed by atoms with Gasteiger partial charge in [0.25, 0.3) is 0 Å². The van der Waals surface area contributed by atoms with Gasteiger partial charge in [-0.3, -0.25) is 0 Å². The molecule has 0 heterocycles. The Morgan fingerprint density at radius 1 is 1.31 bits per heavy atom. The topological polar surface area (TPSA) is 40.5 Å². The maximum absolute atomic E-state index is 10.0. The van der Waals surface area contributed by atoms with Crippen molar-refractivity contribution in [1.82, 2.24) is 0 Å². The van der Waals surface area contributed by atoms with E-state index in [0.29, 0.717) is 5.41 Å². The van der Waals surface area contributed by atoms with E-state index in [1.807, 2.05) is 13.8 Å². The van der Waals surface area contributed by atoms with Gasteiger partial charge in [0.2, 0.25) is 0 Å². The zero-order valence-electron chi connectivity index (χ0n) is 19.3. The molecule has 164 valence electrons. The largest absolute Gasteiger partial charge is 0.393 e. The fourth-order valence-corrected chi connectivity index (χ4v) is 6.63. The number of aliphatic hydroxyl groups excluding tert-OH is 1. The number of aliphatic hydroxyl groups is 2. The Morgan fingerprint density at radius 3 is 2.79 bits per heavy atom.